The van der Waals surface area contributed by atoms with Crippen molar-refractivity contribution in [2.24, 2.45) is 0 Å². The van der Waals surface area contributed by atoms with E-state index in [0.29, 0.717) is 0 Å². The Bertz CT molecular complexity index is 504. The van der Waals surface area contributed by atoms with E-state index in [2.05, 4.69) is 79.8 Å². The molecular weight excluding hydrogens is 434 g/mol. The minimum atomic E-state index is -0.0436. The van der Waals surface area contributed by atoms with Crippen LogP contribution in [0, 0.1) is 31.5 Å². The summed E-state index contributed by atoms with van der Waals surface area (Å²) in [4.78, 5) is 0. The maximum atomic E-state index is 2.36. The highest BCUT2D eigenvalue weighted by Gasteiger charge is 2.20. The first-order chi connectivity index (χ1) is 8.06. The van der Waals surface area contributed by atoms with E-state index < -0.39 is 0 Å². The predicted molar refractivity (Wildman–Crippen MR) is 77.2 cm³/mol. The maximum absolute atomic E-state index is 2.36. The van der Waals surface area contributed by atoms with Crippen LogP contribution in [-0.4, -0.2) is 0 Å². The van der Waals surface area contributed by atoms with Gasteiger partial charge in [0.25, 0.3) is 0 Å². The number of benzene rings is 2. The molecule has 0 bridgehead atoms. The first-order valence-corrected chi connectivity index (χ1v) is 8.78. The SMILES string of the molecule is Cc1cc(C)c([I+]c2ccc(I)cc2)c(C)c1. The van der Waals surface area contributed by atoms with Crippen molar-refractivity contribution in [1.82, 2.24) is 0 Å². The van der Waals surface area contributed by atoms with Gasteiger partial charge in [-0.2, -0.15) is 0 Å². The quantitative estimate of drug-likeness (QED) is 0.608. The predicted octanol–water partition coefficient (Wildman–Crippen LogP) is 1.34. The Morgan fingerprint density at radius 3 is 1.94 bits per heavy atom. The Hall–Kier alpha value is -0.100. The van der Waals surface area contributed by atoms with Crippen molar-refractivity contribution in [3.05, 3.63) is 63.8 Å². The molecule has 0 nitrogen and oxygen atoms in total. The molecule has 2 aromatic rings. The lowest BCUT2D eigenvalue weighted by Crippen LogP contribution is -3.62. The van der Waals surface area contributed by atoms with Crippen molar-refractivity contribution in [3.8, 4) is 0 Å². The summed E-state index contributed by atoms with van der Waals surface area (Å²) in [6, 6.07) is 13.5. The van der Waals surface area contributed by atoms with Crippen LogP contribution in [0.5, 0.6) is 0 Å². The van der Waals surface area contributed by atoms with E-state index in [0.717, 1.165) is 0 Å². The van der Waals surface area contributed by atoms with Crippen molar-refractivity contribution >= 4 is 22.6 Å². The van der Waals surface area contributed by atoms with Gasteiger partial charge < -0.3 is 0 Å². The smallest absolute Gasteiger partial charge is 0.0518 e. The molecule has 2 heteroatoms. The second-order valence-electron chi connectivity index (χ2n) is 4.24. The van der Waals surface area contributed by atoms with Gasteiger partial charge in [-0.25, -0.2) is 0 Å². The summed E-state index contributed by atoms with van der Waals surface area (Å²) in [5, 5.41) is 0. The average molecular weight is 449 g/mol. The highest BCUT2D eigenvalue weighted by atomic mass is 127. The lowest BCUT2D eigenvalue weighted by molar-refractivity contribution is -0.598. The molecule has 88 valence electrons. The minimum Gasteiger partial charge on any atom is -0.0518 e. The van der Waals surface area contributed by atoms with Crippen molar-refractivity contribution in [2.75, 3.05) is 0 Å². The van der Waals surface area contributed by atoms with Gasteiger partial charge in [0, 0.05) is 14.7 Å². The molecule has 0 aliphatic carbocycles. The van der Waals surface area contributed by atoms with Crippen LogP contribution in [0.1, 0.15) is 16.7 Å². The van der Waals surface area contributed by atoms with Crippen molar-refractivity contribution in [2.45, 2.75) is 20.8 Å². The van der Waals surface area contributed by atoms with Crippen LogP contribution in [0.3, 0.4) is 0 Å². The number of halogens is 2. The molecule has 0 atom stereocenters. The molecule has 0 heterocycles. The van der Waals surface area contributed by atoms with E-state index in [1.807, 2.05) is 0 Å². The highest BCUT2D eigenvalue weighted by Crippen LogP contribution is 2.08. The molecule has 0 amide bonds. The van der Waals surface area contributed by atoms with Crippen LogP contribution < -0.4 is 21.2 Å². The molecule has 0 radical (unpaired) electrons. The zero-order chi connectivity index (χ0) is 12.4. The summed E-state index contributed by atoms with van der Waals surface area (Å²) in [5.41, 5.74) is 4.28. The Balaban J connectivity index is 2.33. The third-order valence-corrected chi connectivity index (χ3v) is 6.89. The second-order valence-corrected chi connectivity index (χ2v) is 8.35. The standard InChI is InChI=1S/C15H15I2/c1-10-8-11(2)15(12(3)9-10)17-14-6-4-13(16)5-7-14/h4-9H,1-3H3/q+1. The third-order valence-electron chi connectivity index (χ3n) is 2.59. The topological polar surface area (TPSA) is 0 Å². The Morgan fingerprint density at radius 2 is 1.41 bits per heavy atom. The monoisotopic (exact) mass is 449 g/mol. The molecule has 0 saturated heterocycles. The van der Waals surface area contributed by atoms with Gasteiger partial charge in [0.05, 0.1) is 0 Å². The first-order valence-electron chi connectivity index (χ1n) is 5.54. The van der Waals surface area contributed by atoms with Crippen LogP contribution in [0.4, 0.5) is 0 Å². The van der Waals surface area contributed by atoms with E-state index in [1.54, 1.807) is 3.57 Å². The molecule has 0 aromatic heterocycles. The lowest BCUT2D eigenvalue weighted by Gasteiger charge is -2.00. The van der Waals surface area contributed by atoms with E-state index >= 15 is 0 Å². The molecule has 0 aliphatic rings. The van der Waals surface area contributed by atoms with E-state index in [1.165, 1.54) is 23.8 Å². The summed E-state index contributed by atoms with van der Waals surface area (Å²) in [7, 11) is 0. The molecule has 0 aliphatic heterocycles. The normalized spacial score (nSPS) is 10.6. The molecule has 0 unspecified atom stereocenters. The molecular formula is C15H15I2+. The first kappa shape index (κ1) is 13.3. The molecule has 17 heavy (non-hydrogen) atoms. The van der Waals surface area contributed by atoms with E-state index in [9.17, 15) is 0 Å². The number of aryl methyl sites for hydroxylation is 3. The number of hydrogen-bond acceptors (Lipinski definition) is 0. The zero-order valence-electron chi connectivity index (χ0n) is 10.2. The Labute approximate surface area is 127 Å². The molecule has 2 rings (SSSR count). The molecule has 2 aromatic carbocycles. The molecule has 0 N–H and O–H groups in total. The minimum absolute atomic E-state index is 0.0436. The lowest BCUT2D eigenvalue weighted by atomic mass is 10.1. The zero-order valence-corrected chi connectivity index (χ0v) is 14.5. The highest BCUT2D eigenvalue weighted by molar-refractivity contribution is 14.1. The van der Waals surface area contributed by atoms with Crippen LogP contribution in [0.25, 0.3) is 0 Å². The fraction of sp³-hybridized carbons (Fsp3) is 0.200. The summed E-state index contributed by atoms with van der Waals surface area (Å²) in [5.74, 6) is 0. The van der Waals surface area contributed by atoms with Crippen molar-refractivity contribution in [3.63, 3.8) is 0 Å². The second kappa shape index (κ2) is 5.69. The summed E-state index contributed by atoms with van der Waals surface area (Å²) >= 11 is 2.31. The van der Waals surface area contributed by atoms with Crippen molar-refractivity contribution in [1.29, 1.82) is 0 Å². The van der Waals surface area contributed by atoms with E-state index in [-0.39, 0.29) is 21.2 Å². The van der Waals surface area contributed by atoms with Gasteiger partial charge in [0.15, 0.2) is 7.14 Å². The van der Waals surface area contributed by atoms with Gasteiger partial charge >= 0.3 is 21.2 Å². The average Bonchev–Trinajstić information content (AvgIpc) is 2.26. The number of hydrogen-bond donors (Lipinski definition) is 0. The van der Waals surface area contributed by atoms with E-state index in [4.69, 9.17) is 0 Å². The largest absolute Gasteiger partial charge is 0.358 e. The van der Waals surface area contributed by atoms with Gasteiger partial charge in [0.1, 0.15) is 0 Å². The summed E-state index contributed by atoms with van der Waals surface area (Å²) in [6.45, 7) is 6.65. The van der Waals surface area contributed by atoms with Gasteiger partial charge in [-0.05, 0) is 67.6 Å². The molecule has 0 spiro atoms. The van der Waals surface area contributed by atoms with Crippen LogP contribution in [0.2, 0.25) is 0 Å². The van der Waals surface area contributed by atoms with Crippen LogP contribution >= 0.6 is 22.6 Å². The van der Waals surface area contributed by atoms with Gasteiger partial charge in [-0.15, -0.1) is 0 Å². The third kappa shape index (κ3) is 3.44. The summed E-state index contributed by atoms with van der Waals surface area (Å²) < 4.78 is 4.39. The maximum Gasteiger partial charge on any atom is 0.358 e. The van der Waals surface area contributed by atoms with Crippen molar-refractivity contribution < 1.29 is 21.2 Å². The van der Waals surface area contributed by atoms with Gasteiger partial charge in [-0.3, -0.25) is 0 Å². The Kier molecular flexibility index (Phi) is 4.47. The fourth-order valence-electron chi connectivity index (χ4n) is 1.91. The number of rotatable bonds is 2. The van der Waals surface area contributed by atoms with Gasteiger partial charge in [-0.1, -0.05) is 17.7 Å². The Morgan fingerprint density at radius 1 is 0.882 bits per heavy atom. The molecule has 0 saturated carbocycles. The van der Waals surface area contributed by atoms with Crippen LogP contribution in [-0.2, 0) is 0 Å². The fourth-order valence-corrected chi connectivity index (χ4v) is 4.78. The summed E-state index contributed by atoms with van der Waals surface area (Å²) in [6.07, 6.45) is 0. The molecule has 0 fully saturated rings. The van der Waals surface area contributed by atoms with Crippen LogP contribution in [0.15, 0.2) is 36.4 Å². The van der Waals surface area contributed by atoms with Gasteiger partial charge in [0.2, 0.25) is 0 Å².